The summed E-state index contributed by atoms with van der Waals surface area (Å²) in [5, 5.41) is 2.40. The topological polar surface area (TPSA) is 51.2 Å². The number of amides is 1. The highest BCUT2D eigenvalue weighted by Crippen LogP contribution is 2.22. The molecule has 0 unspecified atom stereocenters. The van der Waals surface area contributed by atoms with Crippen LogP contribution in [0.3, 0.4) is 0 Å². The van der Waals surface area contributed by atoms with E-state index in [1.54, 1.807) is 13.0 Å². The van der Waals surface area contributed by atoms with Crippen molar-refractivity contribution in [3.05, 3.63) is 53.5 Å². The SMILES string of the molecule is CCOc1ncccc1NC(=O)c1cc(F)c(F)c(F)c1. The van der Waals surface area contributed by atoms with E-state index in [1.165, 1.54) is 12.3 Å². The number of benzene rings is 1. The zero-order chi connectivity index (χ0) is 15.4. The average Bonchev–Trinajstić information content (AvgIpc) is 2.46. The van der Waals surface area contributed by atoms with Gasteiger partial charge in [-0.05, 0) is 31.2 Å². The standard InChI is InChI=1S/C14H11F3N2O2/c1-2-21-14-11(4-3-5-18-14)19-13(20)8-6-9(15)12(17)10(16)7-8/h3-7H,2H2,1H3,(H,19,20). The monoisotopic (exact) mass is 296 g/mol. The lowest BCUT2D eigenvalue weighted by Gasteiger charge is -2.10. The van der Waals surface area contributed by atoms with Crippen LogP contribution >= 0.6 is 0 Å². The Hall–Kier alpha value is -2.57. The van der Waals surface area contributed by atoms with Gasteiger partial charge in [0.25, 0.3) is 5.91 Å². The first-order valence-electron chi connectivity index (χ1n) is 6.06. The van der Waals surface area contributed by atoms with Gasteiger partial charge in [-0.1, -0.05) is 0 Å². The van der Waals surface area contributed by atoms with Gasteiger partial charge in [0.15, 0.2) is 17.5 Å². The predicted octanol–water partition coefficient (Wildman–Crippen LogP) is 3.15. The van der Waals surface area contributed by atoms with Crippen molar-refractivity contribution in [2.45, 2.75) is 6.92 Å². The van der Waals surface area contributed by atoms with Crippen LogP contribution in [0.5, 0.6) is 5.88 Å². The first-order chi connectivity index (χ1) is 10.0. The Labute approximate surface area is 118 Å². The molecule has 0 saturated heterocycles. The number of hydrogen-bond donors (Lipinski definition) is 1. The number of carbonyl (C=O) groups excluding carboxylic acids is 1. The molecule has 1 N–H and O–H groups in total. The zero-order valence-electron chi connectivity index (χ0n) is 11.0. The molecular weight excluding hydrogens is 285 g/mol. The maximum absolute atomic E-state index is 13.1. The maximum Gasteiger partial charge on any atom is 0.256 e. The second-order valence-electron chi connectivity index (χ2n) is 4.00. The molecule has 0 radical (unpaired) electrons. The molecule has 0 saturated carbocycles. The summed E-state index contributed by atoms with van der Waals surface area (Å²) in [7, 11) is 0. The second kappa shape index (κ2) is 6.25. The van der Waals surface area contributed by atoms with Crippen LogP contribution < -0.4 is 10.1 Å². The lowest BCUT2D eigenvalue weighted by Crippen LogP contribution is -2.14. The van der Waals surface area contributed by atoms with E-state index in [0.29, 0.717) is 18.7 Å². The molecular formula is C14H11F3N2O2. The van der Waals surface area contributed by atoms with Gasteiger partial charge in [-0.15, -0.1) is 0 Å². The van der Waals surface area contributed by atoms with Gasteiger partial charge >= 0.3 is 0 Å². The summed E-state index contributed by atoms with van der Waals surface area (Å²) in [5.41, 5.74) is -0.104. The van der Waals surface area contributed by atoms with Crippen molar-refractivity contribution in [1.29, 1.82) is 0 Å². The molecule has 21 heavy (non-hydrogen) atoms. The highest BCUT2D eigenvalue weighted by molar-refractivity contribution is 6.04. The van der Waals surface area contributed by atoms with E-state index in [2.05, 4.69) is 10.3 Å². The van der Waals surface area contributed by atoms with Gasteiger partial charge in [0.1, 0.15) is 5.69 Å². The number of nitrogens with one attached hydrogen (secondary N) is 1. The molecule has 2 rings (SSSR count). The van der Waals surface area contributed by atoms with E-state index >= 15 is 0 Å². The van der Waals surface area contributed by atoms with Crippen molar-refractivity contribution in [2.75, 3.05) is 11.9 Å². The van der Waals surface area contributed by atoms with Gasteiger partial charge in [0.2, 0.25) is 5.88 Å². The fourth-order valence-corrected chi connectivity index (χ4v) is 1.62. The molecule has 0 aliphatic heterocycles. The van der Waals surface area contributed by atoms with Crippen LogP contribution in [0.2, 0.25) is 0 Å². The van der Waals surface area contributed by atoms with Gasteiger partial charge in [-0.2, -0.15) is 0 Å². The Balaban J connectivity index is 2.26. The molecule has 1 heterocycles. The van der Waals surface area contributed by atoms with Crippen LogP contribution in [0.25, 0.3) is 0 Å². The summed E-state index contributed by atoms with van der Waals surface area (Å²) in [5.74, 6) is -5.12. The first-order valence-corrected chi connectivity index (χ1v) is 6.06. The third kappa shape index (κ3) is 3.31. The van der Waals surface area contributed by atoms with Crippen molar-refractivity contribution in [3.63, 3.8) is 0 Å². The molecule has 0 fully saturated rings. The third-order valence-corrected chi connectivity index (χ3v) is 2.55. The van der Waals surface area contributed by atoms with Gasteiger partial charge in [-0.25, -0.2) is 18.2 Å². The highest BCUT2D eigenvalue weighted by atomic mass is 19.2. The summed E-state index contributed by atoms with van der Waals surface area (Å²) in [6.07, 6.45) is 1.47. The molecule has 4 nitrogen and oxygen atoms in total. The Morgan fingerprint density at radius 1 is 1.29 bits per heavy atom. The lowest BCUT2D eigenvalue weighted by atomic mass is 10.2. The fourth-order valence-electron chi connectivity index (χ4n) is 1.62. The van der Waals surface area contributed by atoms with Gasteiger partial charge in [0, 0.05) is 11.8 Å². The Kier molecular flexibility index (Phi) is 4.42. The highest BCUT2D eigenvalue weighted by Gasteiger charge is 2.16. The Bertz CT molecular complexity index is 654. The Morgan fingerprint density at radius 3 is 2.57 bits per heavy atom. The molecule has 0 aliphatic carbocycles. The van der Waals surface area contributed by atoms with Crippen molar-refractivity contribution in [3.8, 4) is 5.88 Å². The molecule has 0 aliphatic rings. The number of rotatable bonds is 4. The summed E-state index contributed by atoms with van der Waals surface area (Å²) < 4.78 is 44.3. The predicted molar refractivity (Wildman–Crippen MR) is 69.7 cm³/mol. The summed E-state index contributed by atoms with van der Waals surface area (Å²) >= 11 is 0. The second-order valence-corrected chi connectivity index (χ2v) is 4.00. The van der Waals surface area contributed by atoms with Crippen LogP contribution in [0.1, 0.15) is 17.3 Å². The van der Waals surface area contributed by atoms with E-state index < -0.39 is 23.4 Å². The molecule has 2 aromatic rings. The summed E-state index contributed by atoms with van der Waals surface area (Å²) in [6, 6.07) is 4.31. The molecule has 0 bridgehead atoms. The Morgan fingerprint density at radius 2 is 1.95 bits per heavy atom. The number of ether oxygens (including phenoxy) is 1. The smallest absolute Gasteiger partial charge is 0.256 e. The first kappa shape index (κ1) is 14.8. The number of anilines is 1. The minimum Gasteiger partial charge on any atom is -0.476 e. The molecule has 0 atom stereocenters. The van der Waals surface area contributed by atoms with Crippen LogP contribution in [0.15, 0.2) is 30.5 Å². The minimum absolute atomic E-state index is 0.177. The van der Waals surface area contributed by atoms with E-state index in [-0.39, 0.29) is 17.1 Å². The number of halogens is 3. The van der Waals surface area contributed by atoms with Crippen LogP contribution in [0.4, 0.5) is 18.9 Å². The molecule has 0 spiro atoms. The van der Waals surface area contributed by atoms with Crippen molar-refractivity contribution < 1.29 is 22.7 Å². The van der Waals surface area contributed by atoms with E-state index in [4.69, 9.17) is 4.74 Å². The zero-order valence-corrected chi connectivity index (χ0v) is 11.0. The van der Waals surface area contributed by atoms with Crippen molar-refractivity contribution in [2.24, 2.45) is 0 Å². The average molecular weight is 296 g/mol. The van der Waals surface area contributed by atoms with Crippen LogP contribution in [-0.4, -0.2) is 17.5 Å². The van der Waals surface area contributed by atoms with Gasteiger partial charge in [-0.3, -0.25) is 4.79 Å². The fraction of sp³-hybridized carbons (Fsp3) is 0.143. The van der Waals surface area contributed by atoms with E-state index in [1.807, 2.05) is 0 Å². The molecule has 110 valence electrons. The molecule has 7 heteroatoms. The minimum atomic E-state index is -1.62. The quantitative estimate of drug-likeness (QED) is 0.882. The normalized spacial score (nSPS) is 10.3. The largest absolute Gasteiger partial charge is 0.476 e. The lowest BCUT2D eigenvalue weighted by molar-refractivity contribution is 0.102. The number of hydrogen-bond acceptors (Lipinski definition) is 3. The van der Waals surface area contributed by atoms with Crippen molar-refractivity contribution >= 4 is 11.6 Å². The van der Waals surface area contributed by atoms with E-state index in [9.17, 15) is 18.0 Å². The summed E-state index contributed by atoms with van der Waals surface area (Å²) in [4.78, 5) is 15.9. The van der Waals surface area contributed by atoms with Crippen molar-refractivity contribution in [1.82, 2.24) is 4.98 Å². The molecule has 1 aromatic carbocycles. The number of pyridine rings is 1. The molecule has 1 aromatic heterocycles. The number of aromatic nitrogens is 1. The van der Waals surface area contributed by atoms with Gasteiger partial charge in [0.05, 0.1) is 6.61 Å². The van der Waals surface area contributed by atoms with Gasteiger partial charge < -0.3 is 10.1 Å². The maximum atomic E-state index is 13.1. The van der Waals surface area contributed by atoms with Crippen LogP contribution in [0, 0.1) is 17.5 Å². The van der Waals surface area contributed by atoms with Crippen LogP contribution in [-0.2, 0) is 0 Å². The molecule has 1 amide bonds. The number of nitrogens with zero attached hydrogens (tertiary/aromatic N) is 1. The summed E-state index contributed by atoms with van der Waals surface area (Å²) in [6.45, 7) is 2.07. The third-order valence-electron chi connectivity index (χ3n) is 2.55. The van der Waals surface area contributed by atoms with E-state index in [0.717, 1.165) is 0 Å². The number of carbonyl (C=O) groups is 1.